The van der Waals surface area contributed by atoms with Crippen molar-refractivity contribution in [1.29, 1.82) is 0 Å². The van der Waals surface area contributed by atoms with Gasteiger partial charge in [0.1, 0.15) is 0 Å². The Labute approximate surface area is 167 Å². The SMILES string of the molecule is O=C(NNC(=O)C(O)(c1ccccc1)c1ccccc1)Nc1cccc(Cl)c1. The molecule has 0 aromatic heterocycles. The number of carbonyl (C=O) groups is 2. The zero-order valence-electron chi connectivity index (χ0n) is 14.7. The number of anilines is 1. The Balaban J connectivity index is 1.76. The molecule has 0 aliphatic rings. The summed E-state index contributed by atoms with van der Waals surface area (Å²) in [6.07, 6.45) is 0. The minimum atomic E-state index is -1.98. The first-order chi connectivity index (χ1) is 13.5. The molecule has 4 N–H and O–H groups in total. The number of hydrazine groups is 1. The summed E-state index contributed by atoms with van der Waals surface area (Å²) < 4.78 is 0. The van der Waals surface area contributed by atoms with Gasteiger partial charge < -0.3 is 10.4 Å². The molecule has 28 heavy (non-hydrogen) atoms. The van der Waals surface area contributed by atoms with E-state index in [1.807, 2.05) is 0 Å². The number of nitrogens with one attached hydrogen (secondary N) is 3. The van der Waals surface area contributed by atoms with E-state index >= 15 is 0 Å². The third-order valence-electron chi connectivity index (χ3n) is 4.08. The van der Waals surface area contributed by atoms with Gasteiger partial charge in [-0.05, 0) is 29.3 Å². The lowest BCUT2D eigenvalue weighted by Gasteiger charge is -2.28. The summed E-state index contributed by atoms with van der Waals surface area (Å²) in [5.41, 5.74) is 3.73. The molecule has 3 amide bonds. The predicted octanol–water partition coefficient (Wildman–Crippen LogP) is 3.43. The molecule has 0 atom stereocenters. The van der Waals surface area contributed by atoms with Crippen LogP contribution in [0.2, 0.25) is 5.02 Å². The number of hydrogen-bond donors (Lipinski definition) is 4. The minimum absolute atomic E-state index is 0.371. The Morgan fingerprint density at radius 2 is 1.36 bits per heavy atom. The van der Waals surface area contributed by atoms with Crippen LogP contribution in [-0.4, -0.2) is 17.0 Å². The van der Waals surface area contributed by atoms with Gasteiger partial charge in [-0.2, -0.15) is 0 Å². The highest BCUT2D eigenvalue weighted by atomic mass is 35.5. The Kier molecular flexibility index (Phi) is 5.93. The second kappa shape index (κ2) is 8.56. The number of halogens is 1. The third kappa shape index (κ3) is 4.31. The maximum absolute atomic E-state index is 12.9. The van der Waals surface area contributed by atoms with Crippen molar-refractivity contribution in [3.05, 3.63) is 101 Å². The normalized spacial score (nSPS) is 10.8. The highest BCUT2D eigenvalue weighted by molar-refractivity contribution is 6.30. The molecule has 0 saturated carbocycles. The van der Waals surface area contributed by atoms with E-state index in [4.69, 9.17) is 11.6 Å². The van der Waals surface area contributed by atoms with Crippen LogP contribution in [0.1, 0.15) is 11.1 Å². The molecule has 0 heterocycles. The maximum Gasteiger partial charge on any atom is 0.337 e. The van der Waals surface area contributed by atoms with E-state index in [0.717, 1.165) is 0 Å². The fourth-order valence-corrected chi connectivity index (χ4v) is 2.91. The van der Waals surface area contributed by atoms with Gasteiger partial charge in [-0.1, -0.05) is 78.3 Å². The van der Waals surface area contributed by atoms with Crippen molar-refractivity contribution in [3.8, 4) is 0 Å². The van der Waals surface area contributed by atoms with Crippen LogP contribution in [0.5, 0.6) is 0 Å². The van der Waals surface area contributed by atoms with Gasteiger partial charge in [0.25, 0.3) is 5.91 Å². The monoisotopic (exact) mass is 395 g/mol. The van der Waals surface area contributed by atoms with Crippen LogP contribution in [0.3, 0.4) is 0 Å². The van der Waals surface area contributed by atoms with Crippen LogP contribution < -0.4 is 16.2 Å². The van der Waals surface area contributed by atoms with Crippen LogP contribution in [0.25, 0.3) is 0 Å². The highest BCUT2D eigenvalue weighted by Gasteiger charge is 2.40. The molecule has 0 radical (unpaired) electrons. The first-order valence-corrected chi connectivity index (χ1v) is 8.84. The van der Waals surface area contributed by atoms with Crippen LogP contribution in [0.4, 0.5) is 10.5 Å². The Morgan fingerprint density at radius 1 is 0.786 bits per heavy atom. The molecule has 0 fully saturated rings. The first-order valence-electron chi connectivity index (χ1n) is 8.46. The Bertz CT molecular complexity index is 925. The third-order valence-corrected chi connectivity index (χ3v) is 4.32. The number of hydrogen-bond acceptors (Lipinski definition) is 3. The van der Waals surface area contributed by atoms with Gasteiger partial charge in [0.2, 0.25) is 0 Å². The smallest absolute Gasteiger partial charge is 0.337 e. The predicted molar refractivity (Wildman–Crippen MR) is 108 cm³/mol. The summed E-state index contributed by atoms with van der Waals surface area (Å²) in [4.78, 5) is 24.9. The molecule has 0 unspecified atom stereocenters. The van der Waals surface area contributed by atoms with Crippen LogP contribution in [0.15, 0.2) is 84.9 Å². The number of rotatable bonds is 4. The van der Waals surface area contributed by atoms with E-state index in [9.17, 15) is 14.7 Å². The molecule has 0 spiro atoms. The van der Waals surface area contributed by atoms with Crippen molar-refractivity contribution in [2.75, 3.05) is 5.32 Å². The highest BCUT2D eigenvalue weighted by Crippen LogP contribution is 2.29. The molecule has 3 rings (SSSR count). The quantitative estimate of drug-likeness (QED) is 0.510. The van der Waals surface area contributed by atoms with E-state index in [-0.39, 0.29) is 0 Å². The molecular formula is C21H18ClN3O3. The Morgan fingerprint density at radius 3 is 1.89 bits per heavy atom. The zero-order valence-corrected chi connectivity index (χ0v) is 15.5. The van der Waals surface area contributed by atoms with Crippen LogP contribution >= 0.6 is 11.6 Å². The number of aliphatic hydroxyl groups is 1. The van der Waals surface area contributed by atoms with E-state index in [1.165, 1.54) is 0 Å². The molecule has 0 saturated heterocycles. The molecule has 0 aliphatic heterocycles. The molecule has 142 valence electrons. The maximum atomic E-state index is 12.9. The number of amides is 3. The average molecular weight is 396 g/mol. The fourth-order valence-electron chi connectivity index (χ4n) is 2.72. The van der Waals surface area contributed by atoms with Gasteiger partial charge >= 0.3 is 6.03 Å². The lowest BCUT2D eigenvalue weighted by molar-refractivity contribution is -0.137. The van der Waals surface area contributed by atoms with Crippen molar-refractivity contribution >= 4 is 29.2 Å². The van der Waals surface area contributed by atoms with Crippen molar-refractivity contribution in [3.63, 3.8) is 0 Å². The largest absolute Gasteiger partial charge is 0.372 e. The van der Waals surface area contributed by atoms with E-state index in [2.05, 4.69) is 16.2 Å². The van der Waals surface area contributed by atoms with Gasteiger partial charge in [-0.25, -0.2) is 10.2 Å². The van der Waals surface area contributed by atoms with E-state index in [1.54, 1.807) is 84.9 Å². The lowest BCUT2D eigenvalue weighted by atomic mass is 9.85. The second-order valence-corrected chi connectivity index (χ2v) is 6.42. The first kappa shape index (κ1) is 19.4. The topological polar surface area (TPSA) is 90.5 Å². The molecule has 0 bridgehead atoms. The van der Waals surface area contributed by atoms with Gasteiger partial charge in [0.05, 0.1) is 0 Å². The molecular weight excluding hydrogens is 378 g/mol. The summed E-state index contributed by atoms with van der Waals surface area (Å²) >= 11 is 5.88. The summed E-state index contributed by atoms with van der Waals surface area (Å²) in [6, 6.07) is 22.9. The number of urea groups is 1. The lowest BCUT2D eigenvalue weighted by Crippen LogP contribution is -2.53. The standard InChI is InChI=1S/C21H18ClN3O3/c22-17-12-7-13-18(14-17)23-20(27)25-24-19(26)21(28,15-8-3-1-4-9-15)16-10-5-2-6-11-16/h1-14,28H,(H,24,26)(H2,23,25,27). The van der Waals surface area contributed by atoms with E-state index in [0.29, 0.717) is 21.8 Å². The fraction of sp³-hybridized carbons (Fsp3) is 0.0476. The van der Waals surface area contributed by atoms with Crippen LogP contribution in [0, 0.1) is 0 Å². The summed E-state index contributed by atoms with van der Waals surface area (Å²) in [5.74, 6) is -0.800. The molecule has 0 aliphatic carbocycles. The van der Waals surface area contributed by atoms with Gasteiger partial charge in [-0.3, -0.25) is 10.2 Å². The van der Waals surface area contributed by atoms with Crippen molar-refractivity contribution in [1.82, 2.24) is 10.9 Å². The van der Waals surface area contributed by atoms with Gasteiger partial charge in [0.15, 0.2) is 5.60 Å². The van der Waals surface area contributed by atoms with Crippen molar-refractivity contribution in [2.45, 2.75) is 5.60 Å². The number of carbonyl (C=O) groups excluding carboxylic acids is 2. The molecule has 3 aromatic carbocycles. The number of benzene rings is 3. The zero-order chi connectivity index (χ0) is 20.0. The van der Waals surface area contributed by atoms with Crippen molar-refractivity contribution in [2.24, 2.45) is 0 Å². The summed E-state index contributed by atoms with van der Waals surface area (Å²) in [7, 11) is 0. The minimum Gasteiger partial charge on any atom is -0.372 e. The Hall–Kier alpha value is -3.35. The summed E-state index contributed by atoms with van der Waals surface area (Å²) in [6.45, 7) is 0. The average Bonchev–Trinajstić information content (AvgIpc) is 2.72. The molecule has 6 nitrogen and oxygen atoms in total. The van der Waals surface area contributed by atoms with Gasteiger partial charge in [0, 0.05) is 10.7 Å². The van der Waals surface area contributed by atoms with E-state index < -0.39 is 17.5 Å². The van der Waals surface area contributed by atoms with Crippen LogP contribution in [-0.2, 0) is 10.4 Å². The van der Waals surface area contributed by atoms with Gasteiger partial charge in [-0.15, -0.1) is 0 Å². The molecule has 7 heteroatoms. The summed E-state index contributed by atoms with van der Waals surface area (Å²) in [5, 5.41) is 14.3. The second-order valence-electron chi connectivity index (χ2n) is 5.99. The molecule has 3 aromatic rings. The van der Waals surface area contributed by atoms with Crippen molar-refractivity contribution < 1.29 is 14.7 Å².